The van der Waals surface area contributed by atoms with Crippen molar-refractivity contribution < 1.29 is 10.2 Å². The largest absolute Gasteiger partial charge is 0.396 e. The first-order valence-corrected chi connectivity index (χ1v) is 4.36. The molecule has 0 radical (unpaired) electrons. The highest BCUT2D eigenvalue weighted by Gasteiger charge is 2.42. The molecule has 0 amide bonds. The molecule has 2 aliphatic heterocycles. The SMILES string of the molecule is Cl.OCC1CCN2CCC(O)C12. The predicted octanol–water partition coefficient (Wildman–Crippen LogP) is -0.144. The van der Waals surface area contributed by atoms with Crippen molar-refractivity contribution >= 4 is 12.4 Å². The Balaban J connectivity index is 0.000000720. The van der Waals surface area contributed by atoms with Crippen LogP contribution in [0, 0.1) is 5.92 Å². The van der Waals surface area contributed by atoms with Crippen LogP contribution in [0.2, 0.25) is 0 Å². The molecule has 2 rings (SSSR count). The van der Waals surface area contributed by atoms with E-state index < -0.39 is 0 Å². The maximum atomic E-state index is 9.55. The molecule has 2 fully saturated rings. The first-order chi connectivity index (χ1) is 5.33. The fraction of sp³-hybridized carbons (Fsp3) is 1.00. The second kappa shape index (κ2) is 3.92. The van der Waals surface area contributed by atoms with E-state index in [1.807, 2.05) is 0 Å². The fourth-order valence-electron chi connectivity index (χ4n) is 2.44. The van der Waals surface area contributed by atoms with E-state index >= 15 is 0 Å². The maximum Gasteiger partial charge on any atom is 0.0711 e. The molecule has 0 bridgehead atoms. The molecule has 2 aliphatic rings. The molecule has 3 unspecified atom stereocenters. The molecular weight excluding hydrogens is 178 g/mol. The minimum Gasteiger partial charge on any atom is -0.396 e. The fourth-order valence-corrected chi connectivity index (χ4v) is 2.44. The van der Waals surface area contributed by atoms with Crippen molar-refractivity contribution in [3.05, 3.63) is 0 Å². The van der Waals surface area contributed by atoms with Gasteiger partial charge in [0, 0.05) is 25.1 Å². The van der Waals surface area contributed by atoms with E-state index in [0.29, 0.717) is 5.92 Å². The number of nitrogens with zero attached hydrogens (tertiary/aromatic N) is 1. The summed E-state index contributed by atoms with van der Waals surface area (Å²) in [5.41, 5.74) is 0. The molecule has 4 heteroatoms. The van der Waals surface area contributed by atoms with E-state index in [2.05, 4.69) is 4.90 Å². The third-order valence-corrected chi connectivity index (χ3v) is 3.03. The van der Waals surface area contributed by atoms with E-state index in [9.17, 15) is 5.11 Å². The zero-order valence-electron chi connectivity index (χ0n) is 7.02. The van der Waals surface area contributed by atoms with Gasteiger partial charge in [-0.05, 0) is 19.4 Å². The smallest absolute Gasteiger partial charge is 0.0711 e. The first kappa shape index (κ1) is 10.3. The lowest BCUT2D eigenvalue weighted by atomic mass is 9.97. The average molecular weight is 194 g/mol. The van der Waals surface area contributed by atoms with E-state index in [-0.39, 0.29) is 31.2 Å². The molecule has 2 N–H and O–H groups in total. The van der Waals surface area contributed by atoms with Gasteiger partial charge in [0.05, 0.1) is 6.10 Å². The zero-order chi connectivity index (χ0) is 7.84. The third kappa shape index (κ3) is 1.46. The van der Waals surface area contributed by atoms with Crippen molar-refractivity contribution in [3.63, 3.8) is 0 Å². The molecule has 2 heterocycles. The van der Waals surface area contributed by atoms with Crippen LogP contribution in [0.5, 0.6) is 0 Å². The van der Waals surface area contributed by atoms with Gasteiger partial charge in [-0.25, -0.2) is 0 Å². The van der Waals surface area contributed by atoms with Crippen LogP contribution in [-0.4, -0.2) is 47.0 Å². The Morgan fingerprint density at radius 2 is 1.92 bits per heavy atom. The Labute approximate surface area is 78.8 Å². The van der Waals surface area contributed by atoms with Crippen LogP contribution in [-0.2, 0) is 0 Å². The summed E-state index contributed by atoms with van der Waals surface area (Å²) in [6.45, 7) is 2.31. The van der Waals surface area contributed by atoms with Gasteiger partial charge in [-0.15, -0.1) is 12.4 Å². The van der Waals surface area contributed by atoms with Gasteiger partial charge in [-0.3, -0.25) is 4.90 Å². The minimum atomic E-state index is -0.186. The van der Waals surface area contributed by atoms with Gasteiger partial charge in [-0.1, -0.05) is 0 Å². The second-order valence-electron chi connectivity index (χ2n) is 3.61. The molecule has 3 atom stereocenters. The van der Waals surface area contributed by atoms with E-state index in [1.165, 1.54) is 0 Å². The average Bonchev–Trinajstić information content (AvgIpc) is 2.54. The lowest BCUT2D eigenvalue weighted by Crippen LogP contribution is -2.35. The molecule has 0 aliphatic carbocycles. The third-order valence-electron chi connectivity index (χ3n) is 3.03. The molecule has 72 valence electrons. The lowest BCUT2D eigenvalue weighted by molar-refractivity contribution is 0.0902. The predicted molar refractivity (Wildman–Crippen MR) is 48.4 cm³/mol. The molecule has 3 nitrogen and oxygen atoms in total. The van der Waals surface area contributed by atoms with Gasteiger partial charge in [-0.2, -0.15) is 0 Å². The number of hydrogen-bond acceptors (Lipinski definition) is 3. The van der Waals surface area contributed by atoms with E-state index in [1.54, 1.807) is 0 Å². The maximum absolute atomic E-state index is 9.55. The number of rotatable bonds is 1. The highest BCUT2D eigenvalue weighted by molar-refractivity contribution is 5.85. The number of aliphatic hydroxyl groups excluding tert-OH is 2. The summed E-state index contributed by atoms with van der Waals surface area (Å²) in [6, 6.07) is 0.264. The summed E-state index contributed by atoms with van der Waals surface area (Å²) in [6.07, 6.45) is 1.76. The van der Waals surface area contributed by atoms with Gasteiger partial charge in [0.1, 0.15) is 0 Å². The molecule has 0 aromatic carbocycles. The molecule has 2 saturated heterocycles. The number of aliphatic hydroxyl groups is 2. The van der Waals surface area contributed by atoms with Crippen molar-refractivity contribution in [2.24, 2.45) is 5.92 Å². The van der Waals surface area contributed by atoms with Crippen molar-refractivity contribution in [1.29, 1.82) is 0 Å². The normalized spacial score (nSPS) is 41.0. The van der Waals surface area contributed by atoms with Crippen LogP contribution >= 0.6 is 12.4 Å². The molecule has 12 heavy (non-hydrogen) atoms. The Kier molecular flexibility index (Phi) is 3.35. The summed E-state index contributed by atoms with van der Waals surface area (Å²) in [5, 5.41) is 18.5. The molecular formula is C8H16ClNO2. The van der Waals surface area contributed by atoms with Crippen molar-refractivity contribution in [2.75, 3.05) is 19.7 Å². The Hall–Kier alpha value is 0.170. The summed E-state index contributed by atoms with van der Waals surface area (Å²) in [4.78, 5) is 2.30. The number of fused-ring (bicyclic) bond motifs is 1. The van der Waals surface area contributed by atoms with Gasteiger partial charge >= 0.3 is 0 Å². The van der Waals surface area contributed by atoms with E-state index in [4.69, 9.17) is 5.11 Å². The highest BCUT2D eigenvalue weighted by atomic mass is 35.5. The summed E-state index contributed by atoms with van der Waals surface area (Å²) in [5.74, 6) is 0.326. The topological polar surface area (TPSA) is 43.7 Å². The molecule has 0 spiro atoms. The quantitative estimate of drug-likeness (QED) is 0.609. The first-order valence-electron chi connectivity index (χ1n) is 4.36. The van der Waals surface area contributed by atoms with Crippen LogP contribution in [0.15, 0.2) is 0 Å². The number of halogens is 1. The standard InChI is InChI=1S/C8H15NO2.ClH/c10-5-6-1-3-9-4-2-7(11)8(6)9;/h6-8,10-11H,1-5H2;1H. The number of hydrogen-bond donors (Lipinski definition) is 2. The Morgan fingerprint density at radius 1 is 1.25 bits per heavy atom. The summed E-state index contributed by atoms with van der Waals surface area (Å²) < 4.78 is 0. The zero-order valence-corrected chi connectivity index (χ0v) is 7.83. The lowest BCUT2D eigenvalue weighted by Gasteiger charge is -2.21. The van der Waals surface area contributed by atoms with Crippen LogP contribution in [0.4, 0.5) is 0 Å². The monoisotopic (exact) mass is 193 g/mol. The van der Waals surface area contributed by atoms with Gasteiger partial charge < -0.3 is 10.2 Å². The Morgan fingerprint density at radius 3 is 2.58 bits per heavy atom. The van der Waals surface area contributed by atoms with Crippen LogP contribution < -0.4 is 0 Å². The van der Waals surface area contributed by atoms with Crippen LogP contribution in [0.3, 0.4) is 0 Å². The second-order valence-corrected chi connectivity index (χ2v) is 3.61. The molecule has 0 saturated carbocycles. The van der Waals surface area contributed by atoms with Gasteiger partial charge in [0.15, 0.2) is 0 Å². The summed E-state index contributed by atoms with van der Waals surface area (Å²) in [7, 11) is 0. The molecule has 0 aromatic rings. The molecule has 0 aromatic heterocycles. The van der Waals surface area contributed by atoms with Gasteiger partial charge in [0.25, 0.3) is 0 Å². The van der Waals surface area contributed by atoms with Crippen molar-refractivity contribution in [2.45, 2.75) is 25.0 Å². The van der Waals surface area contributed by atoms with Gasteiger partial charge in [0.2, 0.25) is 0 Å². The van der Waals surface area contributed by atoms with Crippen molar-refractivity contribution in [1.82, 2.24) is 4.90 Å². The van der Waals surface area contributed by atoms with Crippen LogP contribution in [0.25, 0.3) is 0 Å². The van der Waals surface area contributed by atoms with Crippen molar-refractivity contribution in [3.8, 4) is 0 Å². The van der Waals surface area contributed by atoms with Crippen LogP contribution in [0.1, 0.15) is 12.8 Å². The summed E-state index contributed by atoms with van der Waals surface area (Å²) >= 11 is 0. The highest BCUT2D eigenvalue weighted by Crippen LogP contribution is 2.32. The minimum absolute atomic E-state index is 0. The Bertz CT molecular complexity index is 156. The van der Waals surface area contributed by atoms with E-state index in [0.717, 1.165) is 25.9 Å².